The molecule has 0 heterocycles. The van der Waals surface area contributed by atoms with Crippen molar-refractivity contribution in [2.75, 3.05) is 78.5 Å². The van der Waals surface area contributed by atoms with Gasteiger partial charge in [0, 0.05) is 78.5 Å². The van der Waals surface area contributed by atoms with E-state index in [0.717, 1.165) is 39.3 Å². The maximum absolute atomic E-state index is 5.37. The number of rotatable bonds is 12. The molecule has 10 nitrogen and oxygen atoms in total. The summed E-state index contributed by atoms with van der Waals surface area (Å²) < 4.78 is 0.0833. The van der Waals surface area contributed by atoms with Gasteiger partial charge in [-0.3, -0.25) is 9.80 Å². The molecule has 0 fully saturated rings. The van der Waals surface area contributed by atoms with Crippen LogP contribution < -0.4 is 99.3 Å². The fraction of sp³-hybridized carbons (Fsp3) is 0.923. The Labute approximate surface area is 221 Å². The summed E-state index contributed by atoms with van der Waals surface area (Å²) in [6.07, 6.45) is 0. The summed E-state index contributed by atoms with van der Waals surface area (Å²) >= 11 is 8.26. The second-order valence-corrected chi connectivity index (χ2v) is 5.87. The van der Waals surface area contributed by atoms with Crippen LogP contribution in [0.3, 0.4) is 0 Å². The average molecular weight is 447 g/mol. The first-order valence-corrected chi connectivity index (χ1v) is 8.86. The Hall–Kier alpha value is 1.75. The second kappa shape index (κ2) is 38.4. The Morgan fingerprint density at radius 1 is 0.593 bits per heavy atom. The van der Waals surface area contributed by atoms with E-state index in [-0.39, 0.29) is 69.6 Å². The molecule has 0 aliphatic heterocycles. The third-order valence-corrected chi connectivity index (χ3v) is 2.67. The van der Waals surface area contributed by atoms with Crippen LogP contribution in [0.2, 0.25) is 0 Å². The summed E-state index contributed by atoms with van der Waals surface area (Å²) in [6, 6.07) is 0. The van der Waals surface area contributed by atoms with Gasteiger partial charge in [0.2, 0.25) is 0 Å². The smallest absolute Gasteiger partial charge is 0.693 e. The quantitative estimate of drug-likeness (QED) is 0.0846. The Morgan fingerprint density at radius 3 is 0.778 bits per heavy atom. The van der Waals surface area contributed by atoms with E-state index in [4.69, 9.17) is 34.4 Å². The molecule has 16 N–H and O–H groups in total. The van der Waals surface area contributed by atoms with Gasteiger partial charge in [0.15, 0.2) is 0 Å². The van der Waals surface area contributed by atoms with Crippen LogP contribution in [0.15, 0.2) is 0 Å². The molecule has 27 heavy (non-hydrogen) atoms. The fourth-order valence-corrected chi connectivity index (χ4v) is 1.77. The van der Waals surface area contributed by atoms with E-state index in [1.54, 1.807) is 0 Å². The van der Waals surface area contributed by atoms with Crippen molar-refractivity contribution in [1.82, 2.24) is 9.80 Å². The topological polar surface area (TPSA) is 222 Å². The van der Waals surface area contributed by atoms with E-state index in [0.29, 0.717) is 39.3 Å². The molecule has 0 radical (unpaired) electrons. The number of nitrogens with two attached hydrogens (primary N) is 8. The molecular weight excluding hydrogens is 406 g/mol. The van der Waals surface area contributed by atoms with E-state index in [1.165, 1.54) is 0 Å². The molecule has 0 unspecified atom stereocenters. The van der Waals surface area contributed by atoms with E-state index < -0.39 is 0 Å². The molecule has 0 saturated carbocycles. The molecule has 0 spiro atoms. The van der Waals surface area contributed by atoms with Crippen molar-refractivity contribution < 1.29 is 59.1 Å². The van der Waals surface area contributed by atoms with Crippen LogP contribution >= 0.6 is 12.2 Å². The maximum atomic E-state index is 5.37. The Kier molecular flexibility index (Phi) is 60.8. The summed E-state index contributed by atoms with van der Waals surface area (Å²) in [6.45, 7) is 9.47. The summed E-state index contributed by atoms with van der Waals surface area (Å²) in [5, 5.41) is 0. The number of hydrogen-bond acceptors (Lipinski definition) is 10. The molecule has 0 aromatic heterocycles. The van der Waals surface area contributed by atoms with Gasteiger partial charge in [-0.1, -0.05) is 4.32 Å². The standard InChI is InChI=1S/2C6H18N4.CH3NS2.H2N.2Na/c2*7-1-4-10(5-2-8)6-3-9;2-1(3)4;;;/h2*1-9H2;(H3,2,3,4);1H2;;/q;;;-1;2*+1/p-1. The molecule has 0 aliphatic rings. The molecule has 0 atom stereocenters. The van der Waals surface area contributed by atoms with Crippen LogP contribution in [-0.4, -0.2) is 92.7 Å². The molecule has 14 heteroatoms. The van der Waals surface area contributed by atoms with Gasteiger partial charge < -0.3 is 71.1 Å². The summed E-state index contributed by atoms with van der Waals surface area (Å²) in [4.78, 5) is 4.33. The minimum atomic E-state index is 0. The van der Waals surface area contributed by atoms with Crippen molar-refractivity contribution in [3.63, 3.8) is 0 Å². The molecule has 0 amide bonds. The zero-order valence-electron chi connectivity index (χ0n) is 17.3. The van der Waals surface area contributed by atoms with Gasteiger partial charge in [-0.2, -0.15) is 0 Å². The van der Waals surface area contributed by atoms with Gasteiger partial charge >= 0.3 is 59.1 Å². The van der Waals surface area contributed by atoms with Gasteiger partial charge in [-0.05, 0) is 0 Å². The molecule has 0 aromatic carbocycles. The zero-order chi connectivity index (χ0) is 19.2. The minimum absolute atomic E-state index is 0. The fourth-order valence-electron chi connectivity index (χ4n) is 1.77. The van der Waals surface area contributed by atoms with Crippen LogP contribution in [0, 0.1) is 0 Å². The largest absolute Gasteiger partial charge is 1.00 e. The third kappa shape index (κ3) is 47.2. The van der Waals surface area contributed by atoms with Crippen molar-refractivity contribution in [2.24, 2.45) is 40.1 Å². The van der Waals surface area contributed by atoms with Gasteiger partial charge in [0.1, 0.15) is 0 Å². The normalized spacial score (nSPS) is 8.89. The van der Waals surface area contributed by atoms with Crippen molar-refractivity contribution in [3.8, 4) is 0 Å². The number of nitrogens with zero attached hydrogens (tertiary/aromatic N) is 2. The van der Waals surface area contributed by atoms with Crippen LogP contribution in [0.4, 0.5) is 0 Å². The Balaban J connectivity index is -0.0000000624. The Bertz CT molecular complexity index is 209. The monoisotopic (exact) mass is 446 g/mol. The molecular formula is C13H40N10Na2S2. The maximum Gasteiger partial charge on any atom is 1.00 e. The van der Waals surface area contributed by atoms with Crippen molar-refractivity contribution >= 4 is 29.2 Å². The summed E-state index contributed by atoms with van der Waals surface area (Å²) in [5.41, 5.74) is 36.9. The summed E-state index contributed by atoms with van der Waals surface area (Å²) in [7, 11) is 0. The van der Waals surface area contributed by atoms with Gasteiger partial charge in [0.25, 0.3) is 0 Å². The summed E-state index contributed by atoms with van der Waals surface area (Å²) in [5.74, 6) is 0. The van der Waals surface area contributed by atoms with E-state index >= 15 is 0 Å². The number of thiocarbonyl (C=S) groups is 1. The molecule has 0 aliphatic carbocycles. The first-order chi connectivity index (χ1) is 11.4. The average Bonchev–Trinajstić information content (AvgIpc) is 2.49. The molecule has 0 aromatic rings. The van der Waals surface area contributed by atoms with Crippen LogP contribution in [0.25, 0.3) is 6.15 Å². The van der Waals surface area contributed by atoms with Crippen molar-refractivity contribution in [2.45, 2.75) is 0 Å². The van der Waals surface area contributed by atoms with Crippen LogP contribution in [0.1, 0.15) is 0 Å². The van der Waals surface area contributed by atoms with E-state index in [1.807, 2.05) is 0 Å². The first kappa shape index (κ1) is 42.8. The minimum Gasteiger partial charge on any atom is -0.693 e. The van der Waals surface area contributed by atoms with Gasteiger partial charge in [-0.25, -0.2) is 0 Å². The predicted molar refractivity (Wildman–Crippen MR) is 117 cm³/mol. The molecule has 0 bridgehead atoms. The van der Waals surface area contributed by atoms with Gasteiger partial charge in [0.05, 0.1) is 0 Å². The van der Waals surface area contributed by atoms with Crippen molar-refractivity contribution in [1.29, 1.82) is 0 Å². The first-order valence-electron chi connectivity index (χ1n) is 8.04. The van der Waals surface area contributed by atoms with Crippen molar-refractivity contribution in [3.05, 3.63) is 6.15 Å². The molecule has 0 rings (SSSR count). The third-order valence-electron chi connectivity index (χ3n) is 2.67. The predicted octanol–water partition coefficient (Wildman–Crippen LogP) is -9.17. The SMILES string of the molecule is NC(=S)[S-].NCCN(CCN)CCN.NCCN(CCN)CCN.[NH2-].[Na+].[Na+]. The second-order valence-electron chi connectivity index (χ2n) is 4.73. The number of hydrogen-bond donors (Lipinski definition) is 7. The Morgan fingerprint density at radius 2 is 0.704 bits per heavy atom. The van der Waals surface area contributed by atoms with E-state index in [2.05, 4.69) is 40.4 Å². The van der Waals surface area contributed by atoms with Gasteiger partial charge in [-0.15, -0.1) is 0 Å². The van der Waals surface area contributed by atoms with Crippen LogP contribution in [-0.2, 0) is 12.6 Å². The zero-order valence-corrected chi connectivity index (χ0v) is 22.9. The van der Waals surface area contributed by atoms with E-state index in [9.17, 15) is 0 Å². The molecule has 0 saturated heterocycles. The molecule has 156 valence electrons. The van der Waals surface area contributed by atoms with Crippen LogP contribution in [0.5, 0.6) is 0 Å².